The number of ether oxygens (including phenoxy) is 2. The van der Waals surface area contributed by atoms with Gasteiger partial charge in [0.15, 0.2) is 0 Å². The van der Waals surface area contributed by atoms with E-state index < -0.39 is 19.1 Å². The number of hydrogen-bond donors (Lipinski definition) is 1. The van der Waals surface area contributed by atoms with Crippen molar-refractivity contribution in [2.24, 2.45) is 5.92 Å². The number of para-hydroxylation sites is 1. The summed E-state index contributed by atoms with van der Waals surface area (Å²) >= 11 is 0. The Morgan fingerprint density at radius 2 is 1.51 bits per heavy atom. The molecule has 0 bridgehead atoms. The zero-order valence-corrected chi connectivity index (χ0v) is 22.7. The van der Waals surface area contributed by atoms with Crippen LogP contribution in [0.4, 0.5) is 10.2 Å². The molecule has 1 atom stereocenters. The molecule has 3 aromatic rings. The predicted molar refractivity (Wildman–Crippen MR) is 143 cm³/mol. The Bertz CT molecular complexity index is 1260. The number of rotatable bonds is 10. The van der Waals surface area contributed by atoms with Gasteiger partial charge in [0.05, 0.1) is 22.7 Å². The molecule has 0 aliphatic heterocycles. The lowest BCUT2D eigenvalue weighted by atomic mass is 9.95. The van der Waals surface area contributed by atoms with Crippen molar-refractivity contribution in [3.05, 3.63) is 78.4 Å². The van der Waals surface area contributed by atoms with Crippen molar-refractivity contribution in [3.8, 4) is 17.2 Å². The molecule has 7 nitrogen and oxygen atoms in total. The highest BCUT2D eigenvalue weighted by Gasteiger charge is 2.34. The summed E-state index contributed by atoms with van der Waals surface area (Å²) in [5.41, 5.74) is -0.680. The summed E-state index contributed by atoms with van der Waals surface area (Å²) in [7, 11) is -4.08. The molecule has 198 valence electrons. The van der Waals surface area contributed by atoms with Gasteiger partial charge in [-0.15, -0.1) is 5.12 Å². The largest absolute Gasteiger partial charge is 0.491 e. The number of hydrogen-bond acceptors (Lipinski definition) is 5. The zero-order valence-electron chi connectivity index (χ0n) is 21.8. The molecule has 0 radical (unpaired) electrons. The molecule has 0 fully saturated rings. The van der Waals surface area contributed by atoms with Gasteiger partial charge in [0.2, 0.25) is 0 Å². The molecular formula is C28H33FNO6P. The Morgan fingerprint density at radius 1 is 0.919 bits per heavy atom. The van der Waals surface area contributed by atoms with E-state index in [0.29, 0.717) is 11.5 Å². The predicted octanol–water partition coefficient (Wildman–Crippen LogP) is 7.06. The molecule has 0 aliphatic rings. The smallest absolute Gasteiger partial charge is 0.359 e. The first kappa shape index (κ1) is 28.4. The van der Waals surface area contributed by atoms with Gasteiger partial charge in [0.25, 0.3) is 5.91 Å². The van der Waals surface area contributed by atoms with Gasteiger partial charge in [0.1, 0.15) is 17.2 Å². The molecule has 1 amide bonds. The van der Waals surface area contributed by atoms with Gasteiger partial charge in [0, 0.05) is 11.6 Å². The van der Waals surface area contributed by atoms with E-state index in [2.05, 4.69) is 0 Å². The normalized spacial score (nSPS) is 13.4. The van der Waals surface area contributed by atoms with Crippen LogP contribution >= 0.6 is 7.60 Å². The number of benzene rings is 3. The van der Waals surface area contributed by atoms with Crippen LogP contribution in [0.2, 0.25) is 0 Å². The molecule has 1 unspecified atom stereocenters. The van der Waals surface area contributed by atoms with E-state index in [1.54, 1.807) is 38.1 Å². The van der Waals surface area contributed by atoms with Crippen molar-refractivity contribution in [1.29, 1.82) is 0 Å². The van der Waals surface area contributed by atoms with Crippen molar-refractivity contribution in [3.63, 3.8) is 0 Å². The highest BCUT2D eigenvalue weighted by atomic mass is 31.2. The number of halogens is 1. The van der Waals surface area contributed by atoms with Gasteiger partial charge in [-0.25, -0.2) is 0 Å². The average Bonchev–Trinajstić information content (AvgIpc) is 2.82. The van der Waals surface area contributed by atoms with Gasteiger partial charge in [-0.05, 0) is 82.1 Å². The highest BCUT2D eigenvalue weighted by Crippen LogP contribution is 2.47. The van der Waals surface area contributed by atoms with E-state index in [1.807, 2.05) is 27.7 Å². The maximum absolute atomic E-state index is 14.8. The van der Waals surface area contributed by atoms with Crippen LogP contribution in [0.5, 0.6) is 17.2 Å². The Kier molecular flexibility index (Phi) is 8.80. The molecule has 3 aromatic carbocycles. The van der Waals surface area contributed by atoms with Crippen LogP contribution in [0.3, 0.4) is 0 Å². The fraction of sp³-hybridized carbons (Fsp3) is 0.321. The zero-order chi connectivity index (χ0) is 27.4. The quantitative estimate of drug-likeness (QED) is 0.224. The molecule has 0 saturated carbocycles. The molecular weight excluding hydrogens is 496 g/mol. The highest BCUT2D eigenvalue weighted by molar-refractivity contribution is 7.61. The van der Waals surface area contributed by atoms with Crippen LogP contribution in [0.15, 0.2) is 72.8 Å². The Balaban J connectivity index is 1.86. The third kappa shape index (κ3) is 7.41. The lowest BCUT2D eigenvalue weighted by molar-refractivity contribution is 0.0511. The molecule has 0 aromatic heterocycles. The maximum atomic E-state index is 14.8. The lowest BCUT2D eigenvalue weighted by Gasteiger charge is -2.31. The third-order valence-electron chi connectivity index (χ3n) is 5.81. The van der Waals surface area contributed by atoms with Crippen molar-refractivity contribution in [1.82, 2.24) is 0 Å². The first-order valence-corrected chi connectivity index (χ1v) is 13.6. The van der Waals surface area contributed by atoms with E-state index in [1.165, 1.54) is 48.5 Å². The summed E-state index contributed by atoms with van der Waals surface area (Å²) in [5.74, 6) is 0.0482. The topological polar surface area (TPSA) is 85.3 Å². The fourth-order valence-corrected chi connectivity index (χ4v) is 4.68. The summed E-state index contributed by atoms with van der Waals surface area (Å²) < 4.78 is 44.9. The molecule has 37 heavy (non-hydrogen) atoms. The molecule has 0 aliphatic carbocycles. The summed E-state index contributed by atoms with van der Waals surface area (Å²) in [4.78, 5) is 23.4. The monoisotopic (exact) mass is 529 g/mol. The molecule has 3 rings (SSSR count). The van der Waals surface area contributed by atoms with Crippen molar-refractivity contribution in [2.45, 2.75) is 53.2 Å². The van der Waals surface area contributed by atoms with Crippen LogP contribution in [0.1, 0.15) is 51.9 Å². The van der Waals surface area contributed by atoms with Gasteiger partial charge < -0.3 is 14.4 Å². The number of anilines is 1. The first-order valence-electron chi connectivity index (χ1n) is 12.0. The van der Waals surface area contributed by atoms with E-state index in [0.717, 1.165) is 0 Å². The minimum absolute atomic E-state index is 0.0231. The summed E-state index contributed by atoms with van der Waals surface area (Å²) in [6.45, 7) is 11.0. The summed E-state index contributed by atoms with van der Waals surface area (Å²) in [6.07, 6.45) is -0.193. The fourth-order valence-electron chi connectivity index (χ4n) is 3.20. The van der Waals surface area contributed by atoms with Crippen molar-refractivity contribution in [2.75, 3.05) is 5.12 Å². The molecule has 0 spiro atoms. The number of nitrogens with zero attached hydrogens (tertiary/aromatic N) is 1. The Morgan fingerprint density at radius 3 is 2.08 bits per heavy atom. The standard InChI is InChI=1S/C28H33FNO6P/c1-19(2)28(5,6)36-37(32,33)26-14-12-23(13-15-26)35-25-17-21(16-24(18-25)34-20(3)4)27(31)30(29)22-10-8-7-9-11-22/h7-20H,1-6H3,(H,32,33). The Hall–Kier alpha value is -3.19. The number of amides is 1. The summed E-state index contributed by atoms with van der Waals surface area (Å²) in [5, 5.41) is 0.182. The van der Waals surface area contributed by atoms with Gasteiger partial charge in [-0.1, -0.05) is 36.5 Å². The Labute approximate surface area is 217 Å². The van der Waals surface area contributed by atoms with E-state index >= 15 is 0 Å². The first-order chi connectivity index (χ1) is 17.3. The van der Waals surface area contributed by atoms with Crippen LogP contribution in [0, 0.1) is 5.92 Å². The van der Waals surface area contributed by atoms with Gasteiger partial charge in [-0.3, -0.25) is 13.9 Å². The van der Waals surface area contributed by atoms with Crippen molar-refractivity contribution >= 4 is 24.5 Å². The van der Waals surface area contributed by atoms with Gasteiger partial charge >= 0.3 is 7.60 Å². The van der Waals surface area contributed by atoms with Gasteiger partial charge in [-0.2, -0.15) is 0 Å². The molecule has 1 N–H and O–H groups in total. The minimum atomic E-state index is -4.08. The summed E-state index contributed by atoms with van der Waals surface area (Å²) in [6, 6.07) is 18.3. The van der Waals surface area contributed by atoms with E-state index in [-0.39, 0.29) is 39.4 Å². The van der Waals surface area contributed by atoms with E-state index in [9.17, 15) is 18.7 Å². The van der Waals surface area contributed by atoms with Crippen LogP contribution in [-0.2, 0) is 9.09 Å². The van der Waals surface area contributed by atoms with Crippen LogP contribution in [-0.4, -0.2) is 22.5 Å². The average molecular weight is 530 g/mol. The van der Waals surface area contributed by atoms with Crippen LogP contribution in [0.25, 0.3) is 0 Å². The van der Waals surface area contributed by atoms with Crippen molar-refractivity contribution < 1.29 is 32.7 Å². The number of carbonyl (C=O) groups is 1. The SMILES string of the molecule is CC(C)Oc1cc(Oc2ccc(P(=O)(O)OC(C)(C)C(C)C)cc2)cc(C(=O)N(F)c2ccccc2)c1. The maximum Gasteiger partial charge on any atom is 0.359 e. The molecule has 0 saturated heterocycles. The molecule has 9 heteroatoms. The lowest BCUT2D eigenvalue weighted by Crippen LogP contribution is -2.31. The second kappa shape index (κ2) is 11.5. The molecule has 0 heterocycles. The second-order valence-electron chi connectivity index (χ2n) is 9.75. The van der Waals surface area contributed by atoms with Crippen LogP contribution < -0.4 is 19.9 Å². The minimum Gasteiger partial charge on any atom is -0.491 e. The second-order valence-corrected chi connectivity index (χ2v) is 11.5. The number of carbonyl (C=O) groups excluding carboxylic acids is 1. The third-order valence-corrected chi connectivity index (χ3v) is 7.48. The van der Waals surface area contributed by atoms with E-state index in [4.69, 9.17) is 14.0 Å².